The second-order valence-corrected chi connectivity index (χ2v) is 9.68. The second-order valence-electron chi connectivity index (χ2n) is 8.81. The number of carbonyl (C=O) groups is 3. The van der Waals surface area contributed by atoms with Crippen molar-refractivity contribution in [2.75, 3.05) is 0 Å². The van der Waals surface area contributed by atoms with Crippen LogP contribution in [0.25, 0.3) is 10.8 Å². The lowest BCUT2D eigenvalue weighted by atomic mass is 10.1. The van der Waals surface area contributed by atoms with E-state index >= 15 is 0 Å². The van der Waals surface area contributed by atoms with E-state index in [1.165, 1.54) is 4.90 Å². The van der Waals surface area contributed by atoms with E-state index in [9.17, 15) is 14.4 Å². The number of esters is 1. The Labute approximate surface area is 203 Å². The minimum Gasteiger partial charge on any atom is -0.454 e. The van der Waals surface area contributed by atoms with Crippen molar-refractivity contribution in [3.05, 3.63) is 81.8 Å². The largest absolute Gasteiger partial charge is 0.454 e. The van der Waals surface area contributed by atoms with Crippen molar-refractivity contribution in [3.63, 3.8) is 0 Å². The van der Waals surface area contributed by atoms with Crippen molar-refractivity contribution in [2.24, 2.45) is 0 Å². The molecule has 0 aliphatic carbocycles. The molecule has 0 atom stereocenters. The van der Waals surface area contributed by atoms with Gasteiger partial charge < -0.3 is 9.64 Å². The zero-order chi connectivity index (χ0) is 24.2. The molecule has 0 fully saturated rings. The van der Waals surface area contributed by atoms with Crippen LogP contribution in [0.3, 0.4) is 0 Å². The molecule has 0 N–H and O–H groups in total. The Balaban J connectivity index is 1.84. The van der Waals surface area contributed by atoms with Crippen molar-refractivity contribution in [3.8, 4) is 0 Å². The summed E-state index contributed by atoms with van der Waals surface area (Å²) in [7, 11) is 0. The Morgan fingerprint density at radius 2 is 1.42 bits per heavy atom. The Kier molecular flexibility index (Phi) is 7.77. The molecule has 33 heavy (non-hydrogen) atoms. The summed E-state index contributed by atoms with van der Waals surface area (Å²) in [5.74, 6) is -2.40. The molecule has 3 aromatic rings. The summed E-state index contributed by atoms with van der Waals surface area (Å²) in [4.78, 5) is 39.1. The number of amides is 1. The monoisotopic (exact) mass is 485 g/mol. The first-order valence-corrected chi connectivity index (χ1v) is 11.2. The van der Waals surface area contributed by atoms with Gasteiger partial charge in [0.25, 0.3) is 0 Å². The number of Topliss-reactive ketones (excluding diaryl/α,β-unsaturated/α-hetero) is 1. The zero-order valence-electron chi connectivity index (χ0n) is 18.7. The molecule has 0 spiro atoms. The molecule has 0 saturated heterocycles. The Morgan fingerprint density at radius 1 is 0.818 bits per heavy atom. The SMILES string of the molecule is CC(C)(C)OC(=O)C(=O)CC(=O)N(Cc1cc(Cl)cc(Cl)c1)Cc1ccc2ccccc2c1. The highest BCUT2D eigenvalue weighted by atomic mass is 35.5. The van der Waals surface area contributed by atoms with E-state index in [0.29, 0.717) is 15.6 Å². The average molecular weight is 486 g/mol. The number of benzene rings is 3. The molecule has 0 heterocycles. The van der Waals surface area contributed by atoms with Gasteiger partial charge in [-0.2, -0.15) is 0 Å². The molecule has 3 aromatic carbocycles. The topological polar surface area (TPSA) is 63.7 Å². The molecule has 7 heteroatoms. The number of nitrogens with zero attached hydrogens (tertiary/aromatic N) is 1. The van der Waals surface area contributed by atoms with Gasteiger partial charge in [0.1, 0.15) is 5.60 Å². The predicted molar refractivity (Wildman–Crippen MR) is 130 cm³/mol. The van der Waals surface area contributed by atoms with Crippen LogP contribution in [-0.4, -0.2) is 28.2 Å². The van der Waals surface area contributed by atoms with E-state index in [4.69, 9.17) is 27.9 Å². The first-order valence-electron chi connectivity index (χ1n) is 10.5. The van der Waals surface area contributed by atoms with Crippen molar-refractivity contribution >= 4 is 51.6 Å². The molecule has 0 aliphatic heterocycles. The number of rotatable bonds is 7. The van der Waals surface area contributed by atoms with Crippen molar-refractivity contribution in [1.82, 2.24) is 4.90 Å². The van der Waals surface area contributed by atoms with Gasteiger partial charge in [0.15, 0.2) is 0 Å². The van der Waals surface area contributed by atoms with Crippen LogP contribution in [-0.2, 0) is 32.2 Å². The van der Waals surface area contributed by atoms with Crippen LogP contribution in [0.4, 0.5) is 0 Å². The van der Waals surface area contributed by atoms with E-state index in [0.717, 1.165) is 16.3 Å². The fraction of sp³-hybridized carbons (Fsp3) is 0.269. The number of fused-ring (bicyclic) bond motifs is 1. The number of ether oxygens (including phenoxy) is 1. The quantitative estimate of drug-likeness (QED) is 0.234. The van der Waals surface area contributed by atoms with E-state index < -0.39 is 29.7 Å². The molecule has 0 saturated carbocycles. The third-order valence-electron chi connectivity index (χ3n) is 4.77. The van der Waals surface area contributed by atoms with Crippen LogP contribution in [0.2, 0.25) is 10.0 Å². The normalized spacial score (nSPS) is 11.3. The van der Waals surface area contributed by atoms with Crippen LogP contribution < -0.4 is 0 Å². The van der Waals surface area contributed by atoms with Gasteiger partial charge in [-0.3, -0.25) is 9.59 Å². The lowest BCUT2D eigenvalue weighted by molar-refractivity contribution is -0.163. The minimum absolute atomic E-state index is 0.174. The number of carbonyl (C=O) groups excluding carboxylic acids is 3. The maximum Gasteiger partial charge on any atom is 0.375 e. The van der Waals surface area contributed by atoms with Gasteiger partial charge in [0.2, 0.25) is 11.7 Å². The Hall–Kier alpha value is -2.89. The third-order valence-corrected chi connectivity index (χ3v) is 5.21. The van der Waals surface area contributed by atoms with Gasteiger partial charge >= 0.3 is 5.97 Å². The van der Waals surface area contributed by atoms with Crippen molar-refractivity contribution in [2.45, 2.75) is 45.9 Å². The van der Waals surface area contributed by atoms with E-state index in [1.54, 1.807) is 39.0 Å². The van der Waals surface area contributed by atoms with Crippen LogP contribution in [0.15, 0.2) is 60.7 Å². The highest BCUT2D eigenvalue weighted by molar-refractivity contribution is 6.37. The van der Waals surface area contributed by atoms with Gasteiger partial charge in [-0.1, -0.05) is 59.6 Å². The van der Waals surface area contributed by atoms with Gasteiger partial charge in [-0.25, -0.2) is 4.79 Å². The molecule has 0 bridgehead atoms. The predicted octanol–water partition coefficient (Wildman–Crippen LogP) is 5.98. The number of hydrogen-bond acceptors (Lipinski definition) is 4. The molecule has 5 nitrogen and oxygen atoms in total. The van der Waals surface area contributed by atoms with Crippen molar-refractivity contribution in [1.29, 1.82) is 0 Å². The summed E-state index contributed by atoms with van der Waals surface area (Å²) in [5.41, 5.74) is 0.782. The maximum absolute atomic E-state index is 13.1. The molecule has 0 radical (unpaired) electrons. The summed E-state index contributed by atoms with van der Waals surface area (Å²) in [6, 6.07) is 18.9. The van der Waals surface area contributed by atoms with Gasteiger partial charge in [0.05, 0.1) is 6.42 Å². The second kappa shape index (κ2) is 10.4. The maximum atomic E-state index is 13.1. The molecule has 0 aromatic heterocycles. The highest BCUT2D eigenvalue weighted by Crippen LogP contribution is 2.22. The molecule has 172 valence electrons. The van der Waals surface area contributed by atoms with Crippen LogP contribution in [0.1, 0.15) is 38.3 Å². The van der Waals surface area contributed by atoms with Crippen LogP contribution in [0, 0.1) is 0 Å². The smallest absolute Gasteiger partial charge is 0.375 e. The fourth-order valence-electron chi connectivity index (χ4n) is 3.37. The summed E-state index contributed by atoms with van der Waals surface area (Å²) in [6.45, 7) is 5.40. The lowest BCUT2D eigenvalue weighted by Gasteiger charge is -2.24. The Morgan fingerprint density at radius 3 is 2.06 bits per heavy atom. The van der Waals surface area contributed by atoms with Crippen LogP contribution in [0.5, 0.6) is 0 Å². The number of ketones is 1. The minimum atomic E-state index is -1.02. The third kappa shape index (κ3) is 7.31. The highest BCUT2D eigenvalue weighted by Gasteiger charge is 2.27. The van der Waals surface area contributed by atoms with Crippen molar-refractivity contribution < 1.29 is 19.1 Å². The first-order chi connectivity index (χ1) is 15.5. The summed E-state index contributed by atoms with van der Waals surface area (Å²) >= 11 is 12.2. The fourth-order valence-corrected chi connectivity index (χ4v) is 3.94. The average Bonchev–Trinajstić information content (AvgIpc) is 2.71. The Bertz CT molecular complexity index is 1180. The molecule has 0 unspecified atom stereocenters. The molecular formula is C26H25Cl2NO4. The van der Waals surface area contributed by atoms with Gasteiger partial charge in [-0.15, -0.1) is 0 Å². The van der Waals surface area contributed by atoms with Gasteiger partial charge in [0, 0.05) is 23.1 Å². The molecule has 0 aliphatic rings. The molecular weight excluding hydrogens is 461 g/mol. The van der Waals surface area contributed by atoms with E-state index in [2.05, 4.69) is 0 Å². The molecule has 3 rings (SSSR count). The summed E-state index contributed by atoms with van der Waals surface area (Å²) in [6.07, 6.45) is -0.587. The summed E-state index contributed by atoms with van der Waals surface area (Å²) in [5, 5.41) is 3.01. The van der Waals surface area contributed by atoms with E-state index in [1.807, 2.05) is 42.5 Å². The number of hydrogen-bond donors (Lipinski definition) is 0. The standard InChI is InChI=1S/C26H25Cl2NO4/c1-26(2,3)33-25(32)23(30)14-24(31)29(16-18-11-21(27)13-22(28)12-18)15-17-8-9-19-6-4-5-7-20(19)10-17/h4-13H,14-16H2,1-3H3. The number of halogens is 2. The molecule has 1 amide bonds. The first kappa shape index (κ1) is 24.7. The van der Waals surface area contributed by atoms with E-state index in [-0.39, 0.29) is 13.1 Å². The zero-order valence-corrected chi connectivity index (χ0v) is 20.2. The summed E-state index contributed by atoms with van der Waals surface area (Å²) < 4.78 is 5.10. The lowest BCUT2D eigenvalue weighted by Crippen LogP contribution is -2.35. The van der Waals surface area contributed by atoms with Crippen LogP contribution >= 0.6 is 23.2 Å². The van der Waals surface area contributed by atoms with Gasteiger partial charge in [-0.05, 0) is 66.9 Å².